The summed E-state index contributed by atoms with van der Waals surface area (Å²) in [7, 11) is 0. The first-order valence-corrected chi connectivity index (χ1v) is 8.00. The van der Waals surface area contributed by atoms with E-state index in [1.807, 2.05) is 18.5 Å². The van der Waals surface area contributed by atoms with Crippen LogP contribution in [-0.4, -0.2) is 27.3 Å². The summed E-state index contributed by atoms with van der Waals surface area (Å²) in [4.78, 5) is 12.2. The van der Waals surface area contributed by atoms with E-state index in [2.05, 4.69) is 26.3 Å². The van der Waals surface area contributed by atoms with Gasteiger partial charge in [-0.05, 0) is 61.4 Å². The highest BCUT2D eigenvalue weighted by Gasteiger charge is 2.52. The summed E-state index contributed by atoms with van der Waals surface area (Å²) in [6, 6.07) is 0.448. The maximum Gasteiger partial charge on any atom is 0.239 e. The average Bonchev–Trinajstić information content (AvgIpc) is 3.26. The van der Waals surface area contributed by atoms with Gasteiger partial charge in [0.2, 0.25) is 5.91 Å². The molecule has 0 radical (unpaired) electrons. The lowest BCUT2D eigenvalue weighted by Gasteiger charge is -2.32. The van der Waals surface area contributed by atoms with E-state index >= 15 is 0 Å². The van der Waals surface area contributed by atoms with E-state index in [-0.39, 0.29) is 5.91 Å². The minimum Gasteiger partial charge on any atom is -0.368 e. The molecule has 2 fully saturated rings. The van der Waals surface area contributed by atoms with Crippen molar-refractivity contribution < 1.29 is 4.79 Å². The third-order valence-corrected chi connectivity index (χ3v) is 5.59. The number of hydrogen-bond donors (Lipinski definition) is 2. The fourth-order valence-corrected chi connectivity index (χ4v) is 3.16. The van der Waals surface area contributed by atoms with E-state index in [1.54, 1.807) is 0 Å². The molecule has 0 aromatic carbocycles. The van der Waals surface area contributed by atoms with Gasteiger partial charge in [0.25, 0.3) is 0 Å². The van der Waals surface area contributed by atoms with Crippen molar-refractivity contribution in [2.24, 2.45) is 11.7 Å². The predicted molar refractivity (Wildman–Crippen MR) is 80.2 cm³/mol. The van der Waals surface area contributed by atoms with Gasteiger partial charge in [-0.25, -0.2) is 0 Å². The summed E-state index contributed by atoms with van der Waals surface area (Å²) in [5.41, 5.74) is 7.14. The van der Waals surface area contributed by atoms with Crippen LogP contribution in [0.5, 0.6) is 0 Å². The lowest BCUT2D eigenvalue weighted by molar-refractivity contribution is -0.126. The first-order valence-electron chi connectivity index (χ1n) is 7.21. The minimum atomic E-state index is -0.635. The number of amides is 1. The highest BCUT2D eigenvalue weighted by Crippen LogP contribution is 2.42. The molecule has 0 bridgehead atoms. The molecule has 2 saturated carbocycles. The van der Waals surface area contributed by atoms with Crippen molar-refractivity contribution in [3.63, 3.8) is 0 Å². The van der Waals surface area contributed by atoms with E-state index in [9.17, 15) is 4.79 Å². The molecule has 1 unspecified atom stereocenters. The third kappa shape index (κ3) is 2.39. The fourth-order valence-electron chi connectivity index (χ4n) is 2.88. The summed E-state index contributed by atoms with van der Waals surface area (Å²) >= 11 is 3.54. The highest BCUT2D eigenvalue weighted by molar-refractivity contribution is 9.10. The molecule has 2 aliphatic rings. The Labute approximate surface area is 127 Å². The zero-order valence-corrected chi connectivity index (χ0v) is 13.5. The van der Waals surface area contributed by atoms with Crippen LogP contribution >= 0.6 is 15.9 Å². The Kier molecular flexibility index (Phi) is 3.41. The SMILES string of the molecule is Cc1nn(CC(NC2CC2)(C(N)=O)C2CC2)c(C)c1Br. The van der Waals surface area contributed by atoms with Crippen LogP contribution < -0.4 is 11.1 Å². The number of rotatable bonds is 6. The summed E-state index contributed by atoms with van der Waals surface area (Å²) in [6.45, 7) is 4.51. The average molecular weight is 341 g/mol. The minimum absolute atomic E-state index is 0.240. The number of carbonyl (C=O) groups is 1. The Morgan fingerprint density at radius 3 is 2.50 bits per heavy atom. The molecule has 1 aromatic rings. The van der Waals surface area contributed by atoms with Gasteiger partial charge < -0.3 is 5.73 Å². The zero-order chi connectivity index (χ0) is 14.5. The molecule has 5 nitrogen and oxygen atoms in total. The second-order valence-electron chi connectivity index (χ2n) is 6.17. The van der Waals surface area contributed by atoms with Gasteiger partial charge in [-0.15, -0.1) is 0 Å². The molecule has 1 heterocycles. The summed E-state index contributed by atoms with van der Waals surface area (Å²) in [6.07, 6.45) is 4.43. The molecule has 0 spiro atoms. The van der Waals surface area contributed by atoms with Crippen molar-refractivity contribution in [2.45, 2.75) is 57.7 Å². The lowest BCUT2D eigenvalue weighted by atomic mass is 9.91. The monoisotopic (exact) mass is 340 g/mol. The Morgan fingerprint density at radius 1 is 1.45 bits per heavy atom. The predicted octanol–water partition coefficient (Wildman–Crippen LogP) is 1.65. The molecule has 6 heteroatoms. The van der Waals surface area contributed by atoms with Crippen molar-refractivity contribution >= 4 is 21.8 Å². The van der Waals surface area contributed by atoms with Crippen LogP contribution in [0, 0.1) is 19.8 Å². The second kappa shape index (κ2) is 4.84. The number of carbonyl (C=O) groups excluding carboxylic acids is 1. The summed E-state index contributed by atoms with van der Waals surface area (Å²) in [5, 5.41) is 8.06. The Bertz CT molecular complexity index is 548. The smallest absolute Gasteiger partial charge is 0.239 e. The van der Waals surface area contributed by atoms with Gasteiger partial charge in [-0.3, -0.25) is 14.8 Å². The Hall–Kier alpha value is -0.880. The van der Waals surface area contributed by atoms with Gasteiger partial charge >= 0.3 is 0 Å². The zero-order valence-electron chi connectivity index (χ0n) is 11.9. The van der Waals surface area contributed by atoms with Crippen molar-refractivity contribution in [1.29, 1.82) is 0 Å². The van der Waals surface area contributed by atoms with Crippen molar-refractivity contribution in [1.82, 2.24) is 15.1 Å². The molecule has 20 heavy (non-hydrogen) atoms. The van der Waals surface area contributed by atoms with Gasteiger partial charge in [0.15, 0.2) is 0 Å². The Morgan fingerprint density at radius 2 is 2.10 bits per heavy atom. The fraction of sp³-hybridized carbons (Fsp3) is 0.714. The molecule has 1 amide bonds. The quantitative estimate of drug-likeness (QED) is 0.826. The molecule has 1 atom stereocenters. The molecule has 0 aliphatic heterocycles. The molecule has 110 valence electrons. The lowest BCUT2D eigenvalue weighted by Crippen LogP contribution is -2.60. The molecule has 2 aliphatic carbocycles. The number of aryl methyl sites for hydroxylation is 1. The maximum absolute atomic E-state index is 12.2. The molecular formula is C14H21BrN4O. The van der Waals surface area contributed by atoms with Crippen LogP contribution in [0.3, 0.4) is 0 Å². The van der Waals surface area contributed by atoms with Gasteiger partial charge in [-0.2, -0.15) is 5.10 Å². The molecule has 0 saturated heterocycles. The van der Waals surface area contributed by atoms with Crippen molar-refractivity contribution in [3.05, 3.63) is 15.9 Å². The van der Waals surface area contributed by atoms with Gasteiger partial charge in [0, 0.05) is 11.7 Å². The maximum atomic E-state index is 12.2. The van der Waals surface area contributed by atoms with Crippen LogP contribution in [0.2, 0.25) is 0 Å². The third-order valence-electron chi connectivity index (χ3n) is 4.45. The van der Waals surface area contributed by atoms with E-state index in [1.165, 1.54) is 0 Å². The number of hydrogen-bond acceptors (Lipinski definition) is 3. The number of nitrogens with two attached hydrogens (primary N) is 1. The summed E-state index contributed by atoms with van der Waals surface area (Å²) < 4.78 is 2.93. The number of halogens is 1. The van der Waals surface area contributed by atoms with E-state index < -0.39 is 5.54 Å². The van der Waals surface area contributed by atoms with Crippen molar-refractivity contribution in [3.8, 4) is 0 Å². The molecule has 3 rings (SSSR count). The second-order valence-corrected chi connectivity index (χ2v) is 6.96. The van der Waals surface area contributed by atoms with E-state index in [4.69, 9.17) is 5.73 Å². The van der Waals surface area contributed by atoms with Crippen LogP contribution in [0.4, 0.5) is 0 Å². The topological polar surface area (TPSA) is 72.9 Å². The van der Waals surface area contributed by atoms with Gasteiger partial charge in [-0.1, -0.05) is 0 Å². The largest absolute Gasteiger partial charge is 0.368 e. The van der Waals surface area contributed by atoms with Crippen molar-refractivity contribution in [2.75, 3.05) is 0 Å². The van der Waals surface area contributed by atoms with Crippen LogP contribution in [0.15, 0.2) is 4.47 Å². The molecular weight excluding hydrogens is 320 g/mol. The normalized spacial score (nSPS) is 21.8. The van der Waals surface area contributed by atoms with E-state index in [0.717, 1.165) is 41.5 Å². The number of nitrogens with one attached hydrogen (secondary N) is 1. The van der Waals surface area contributed by atoms with Gasteiger partial charge in [0.05, 0.1) is 16.7 Å². The molecule has 3 N–H and O–H groups in total. The highest BCUT2D eigenvalue weighted by atomic mass is 79.9. The van der Waals surface area contributed by atoms with Crippen LogP contribution in [0.25, 0.3) is 0 Å². The summed E-state index contributed by atoms with van der Waals surface area (Å²) in [5.74, 6) is 0.110. The first-order chi connectivity index (χ1) is 9.44. The number of aromatic nitrogens is 2. The Balaban J connectivity index is 1.92. The first kappa shape index (κ1) is 14.1. The number of primary amides is 1. The number of nitrogens with zero attached hydrogens (tertiary/aromatic N) is 2. The standard InChI is InChI=1S/C14H21BrN4O/c1-8-12(15)9(2)19(18-8)7-14(13(16)20,10-3-4-10)17-11-5-6-11/h10-11,17H,3-7H2,1-2H3,(H2,16,20). The van der Waals surface area contributed by atoms with E-state index in [0.29, 0.717) is 18.5 Å². The van der Waals surface area contributed by atoms with Crippen LogP contribution in [0.1, 0.15) is 37.1 Å². The van der Waals surface area contributed by atoms with Gasteiger partial charge in [0.1, 0.15) is 5.54 Å². The van der Waals surface area contributed by atoms with Crippen LogP contribution in [-0.2, 0) is 11.3 Å². The molecule has 1 aromatic heterocycles.